The lowest BCUT2D eigenvalue weighted by molar-refractivity contribution is -0.118. The first-order valence-corrected chi connectivity index (χ1v) is 11.2. The minimum absolute atomic E-state index is 0. The maximum absolute atomic E-state index is 12.7. The highest BCUT2D eigenvalue weighted by molar-refractivity contribution is 14.0. The summed E-state index contributed by atoms with van der Waals surface area (Å²) in [4.78, 5) is 21.7. The van der Waals surface area contributed by atoms with E-state index in [1.165, 1.54) is 5.56 Å². The Bertz CT molecular complexity index is 931. The number of aliphatic imine (C=N–C) groups is 1. The largest absolute Gasteiger partial charge is 0.370 e. The molecule has 174 valence electrons. The third-order valence-corrected chi connectivity index (χ3v) is 5.80. The number of para-hydroxylation sites is 1. The Labute approximate surface area is 207 Å². The van der Waals surface area contributed by atoms with Gasteiger partial charge in [0.2, 0.25) is 5.91 Å². The van der Waals surface area contributed by atoms with Crippen molar-refractivity contribution in [1.29, 1.82) is 0 Å². The summed E-state index contributed by atoms with van der Waals surface area (Å²) in [5, 5.41) is 7.65. The summed E-state index contributed by atoms with van der Waals surface area (Å²) in [5.74, 6) is 1.08. The van der Waals surface area contributed by atoms with Gasteiger partial charge in [-0.05, 0) is 31.4 Å². The number of aromatic nitrogens is 2. The normalized spacial score (nSPS) is 18.3. The van der Waals surface area contributed by atoms with Gasteiger partial charge < -0.3 is 19.9 Å². The lowest BCUT2D eigenvalue weighted by Gasteiger charge is -2.34. The fourth-order valence-corrected chi connectivity index (χ4v) is 4.22. The first-order chi connectivity index (χ1) is 15.2. The van der Waals surface area contributed by atoms with Gasteiger partial charge in [-0.3, -0.25) is 14.5 Å². The van der Waals surface area contributed by atoms with Crippen LogP contribution in [0.4, 0.5) is 5.69 Å². The van der Waals surface area contributed by atoms with Crippen molar-refractivity contribution in [3.63, 3.8) is 0 Å². The molecule has 0 bridgehead atoms. The van der Waals surface area contributed by atoms with E-state index in [4.69, 9.17) is 9.73 Å². The average Bonchev–Trinajstić information content (AvgIpc) is 3.42. The predicted molar refractivity (Wildman–Crippen MR) is 137 cm³/mol. The van der Waals surface area contributed by atoms with Crippen LogP contribution in [0.2, 0.25) is 0 Å². The van der Waals surface area contributed by atoms with Gasteiger partial charge >= 0.3 is 0 Å². The Hall–Kier alpha value is -2.14. The third-order valence-electron chi connectivity index (χ3n) is 5.80. The van der Waals surface area contributed by atoms with Crippen molar-refractivity contribution in [1.82, 2.24) is 20.0 Å². The predicted octanol–water partition coefficient (Wildman–Crippen LogP) is 2.75. The molecule has 1 aromatic carbocycles. The van der Waals surface area contributed by atoms with Gasteiger partial charge in [0.05, 0.1) is 19.3 Å². The van der Waals surface area contributed by atoms with Crippen LogP contribution in [0.3, 0.4) is 0 Å². The number of fused-ring (bicyclic) bond motifs is 1. The number of morpholine rings is 1. The number of nitrogens with one attached hydrogen (secondary N) is 1. The molecule has 3 heterocycles. The van der Waals surface area contributed by atoms with Gasteiger partial charge in [0.1, 0.15) is 6.10 Å². The fraction of sp³-hybridized carbons (Fsp3) is 0.522. The van der Waals surface area contributed by atoms with E-state index in [2.05, 4.69) is 28.3 Å². The highest BCUT2D eigenvalue weighted by atomic mass is 127. The number of hydrogen-bond donors (Lipinski definition) is 1. The molecule has 0 aliphatic carbocycles. The van der Waals surface area contributed by atoms with Gasteiger partial charge in [0.25, 0.3) is 0 Å². The molecule has 1 saturated heterocycles. The summed E-state index contributed by atoms with van der Waals surface area (Å²) in [5.41, 5.74) is 3.41. The number of carbonyl (C=O) groups is 1. The minimum atomic E-state index is -0.0110. The van der Waals surface area contributed by atoms with Gasteiger partial charge in [-0.15, -0.1) is 24.0 Å². The second-order valence-electron chi connectivity index (χ2n) is 8.02. The van der Waals surface area contributed by atoms with E-state index in [0.29, 0.717) is 19.6 Å². The topological polar surface area (TPSA) is 75.0 Å². The van der Waals surface area contributed by atoms with Gasteiger partial charge in [-0.2, -0.15) is 5.10 Å². The molecule has 1 amide bonds. The molecule has 4 rings (SSSR count). The zero-order valence-electron chi connectivity index (χ0n) is 18.9. The zero-order valence-corrected chi connectivity index (χ0v) is 21.2. The van der Waals surface area contributed by atoms with E-state index in [1.54, 1.807) is 4.68 Å². The summed E-state index contributed by atoms with van der Waals surface area (Å²) in [7, 11) is 1.91. The summed E-state index contributed by atoms with van der Waals surface area (Å²) < 4.78 is 7.75. The second kappa shape index (κ2) is 11.6. The van der Waals surface area contributed by atoms with Gasteiger partial charge in [-0.25, -0.2) is 0 Å². The molecule has 9 heteroatoms. The van der Waals surface area contributed by atoms with Crippen molar-refractivity contribution >= 4 is 41.5 Å². The Morgan fingerprint density at radius 1 is 1.31 bits per heavy atom. The minimum Gasteiger partial charge on any atom is -0.370 e. The molecule has 1 fully saturated rings. The summed E-state index contributed by atoms with van der Waals surface area (Å²) >= 11 is 0. The van der Waals surface area contributed by atoms with Crippen LogP contribution >= 0.6 is 24.0 Å². The SMILES string of the molecule is CCNC(=NCCCC(=O)N1CCc2ccccc21)N1CCOC(c2cnn(C)c2)C1.I. The van der Waals surface area contributed by atoms with E-state index < -0.39 is 0 Å². The molecule has 0 radical (unpaired) electrons. The van der Waals surface area contributed by atoms with Crippen LogP contribution in [0.15, 0.2) is 41.7 Å². The molecule has 1 atom stereocenters. The molecule has 0 spiro atoms. The molecule has 8 nitrogen and oxygen atoms in total. The maximum atomic E-state index is 12.7. The molecule has 1 aromatic heterocycles. The molecular formula is C23H33IN6O2. The number of anilines is 1. The number of halogens is 1. The Kier molecular flexibility index (Phi) is 8.92. The number of benzene rings is 1. The van der Waals surface area contributed by atoms with Crippen LogP contribution < -0.4 is 10.2 Å². The summed E-state index contributed by atoms with van der Waals surface area (Å²) in [6, 6.07) is 8.18. The third kappa shape index (κ3) is 5.80. The van der Waals surface area contributed by atoms with Crippen molar-refractivity contribution in [2.75, 3.05) is 44.2 Å². The highest BCUT2D eigenvalue weighted by Gasteiger charge is 2.26. The van der Waals surface area contributed by atoms with Crippen LogP contribution in [0.1, 0.15) is 37.0 Å². The molecule has 2 aliphatic heterocycles. The van der Waals surface area contributed by atoms with E-state index in [9.17, 15) is 4.79 Å². The number of nitrogens with zero attached hydrogens (tertiary/aromatic N) is 5. The van der Waals surface area contributed by atoms with Crippen LogP contribution in [0.5, 0.6) is 0 Å². The average molecular weight is 552 g/mol. The number of guanidine groups is 1. The van der Waals surface area contributed by atoms with E-state index >= 15 is 0 Å². The number of ether oxygens (including phenoxy) is 1. The number of hydrogen-bond acceptors (Lipinski definition) is 4. The first-order valence-electron chi connectivity index (χ1n) is 11.2. The first kappa shape index (κ1) is 24.5. The smallest absolute Gasteiger partial charge is 0.227 e. The number of amides is 1. The second-order valence-corrected chi connectivity index (χ2v) is 8.02. The number of aryl methyl sites for hydroxylation is 1. The molecule has 2 aliphatic rings. The molecule has 1 unspecified atom stereocenters. The van der Waals surface area contributed by atoms with E-state index in [0.717, 1.165) is 56.2 Å². The molecule has 32 heavy (non-hydrogen) atoms. The van der Waals surface area contributed by atoms with Crippen molar-refractivity contribution in [2.24, 2.45) is 12.0 Å². The van der Waals surface area contributed by atoms with Gasteiger partial charge in [-0.1, -0.05) is 18.2 Å². The Balaban J connectivity index is 0.00000289. The van der Waals surface area contributed by atoms with Crippen LogP contribution in [-0.4, -0.2) is 65.9 Å². The monoisotopic (exact) mass is 552 g/mol. The van der Waals surface area contributed by atoms with Crippen LogP contribution in [-0.2, 0) is 23.0 Å². The quantitative estimate of drug-likeness (QED) is 0.258. The van der Waals surface area contributed by atoms with E-state index in [1.807, 2.05) is 42.5 Å². The summed E-state index contributed by atoms with van der Waals surface area (Å²) in [6.45, 7) is 6.47. The van der Waals surface area contributed by atoms with Gasteiger partial charge in [0.15, 0.2) is 5.96 Å². The van der Waals surface area contributed by atoms with Crippen molar-refractivity contribution in [3.8, 4) is 0 Å². The lowest BCUT2D eigenvalue weighted by atomic mass is 10.1. The Morgan fingerprint density at radius 3 is 2.94 bits per heavy atom. The molecule has 1 N–H and O–H groups in total. The highest BCUT2D eigenvalue weighted by Crippen LogP contribution is 2.28. The van der Waals surface area contributed by atoms with Crippen molar-refractivity contribution < 1.29 is 9.53 Å². The number of rotatable bonds is 6. The number of carbonyl (C=O) groups excluding carboxylic acids is 1. The van der Waals surface area contributed by atoms with Crippen LogP contribution in [0, 0.1) is 0 Å². The molecular weight excluding hydrogens is 519 g/mol. The standard InChI is InChI=1S/C23H32N6O2.HI/c1-3-24-23(28-13-14-31-21(17-28)19-15-26-27(2)16-19)25-11-6-9-22(30)29-12-10-18-7-4-5-8-20(18)29;/h4-5,7-8,15-16,21H,3,6,9-14,17H2,1-2H3,(H,24,25);1H. The van der Waals surface area contributed by atoms with Crippen molar-refractivity contribution in [3.05, 3.63) is 47.8 Å². The van der Waals surface area contributed by atoms with Gasteiger partial charge in [0, 0.05) is 57.1 Å². The maximum Gasteiger partial charge on any atom is 0.227 e. The fourth-order valence-electron chi connectivity index (χ4n) is 4.22. The van der Waals surface area contributed by atoms with E-state index in [-0.39, 0.29) is 36.0 Å². The van der Waals surface area contributed by atoms with Crippen LogP contribution in [0.25, 0.3) is 0 Å². The lowest BCUT2D eigenvalue weighted by Crippen LogP contribution is -2.48. The molecule has 0 saturated carbocycles. The zero-order chi connectivity index (χ0) is 21.6. The van der Waals surface area contributed by atoms with Crippen molar-refractivity contribution in [2.45, 2.75) is 32.3 Å². The summed E-state index contributed by atoms with van der Waals surface area (Å²) in [6.07, 6.45) is 6.05. The molecule has 2 aromatic rings. The Morgan fingerprint density at radius 2 is 2.16 bits per heavy atom.